The highest BCUT2D eigenvalue weighted by Gasteiger charge is 2.32. The Morgan fingerprint density at radius 1 is 1.43 bits per heavy atom. The van der Waals surface area contributed by atoms with E-state index in [0.29, 0.717) is 17.9 Å². The first-order chi connectivity index (χ1) is 10.1. The Kier molecular flexibility index (Phi) is 5.23. The topological polar surface area (TPSA) is 58.6 Å². The van der Waals surface area contributed by atoms with Crippen molar-refractivity contribution in [2.24, 2.45) is 5.41 Å². The summed E-state index contributed by atoms with van der Waals surface area (Å²) in [6.45, 7) is 2.83. The predicted octanol–water partition coefficient (Wildman–Crippen LogP) is 2.82. The van der Waals surface area contributed by atoms with E-state index >= 15 is 0 Å². The number of benzene rings is 1. The van der Waals surface area contributed by atoms with Crippen molar-refractivity contribution in [2.75, 3.05) is 13.7 Å². The van der Waals surface area contributed by atoms with Gasteiger partial charge in [0.2, 0.25) is 0 Å². The summed E-state index contributed by atoms with van der Waals surface area (Å²) in [5, 5.41) is 13.1. The van der Waals surface area contributed by atoms with Gasteiger partial charge in [0.05, 0.1) is 7.11 Å². The van der Waals surface area contributed by atoms with Crippen LogP contribution in [0.25, 0.3) is 0 Å². The molecule has 4 heteroatoms. The largest absolute Gasteiger partial charge is 0.497 e. The number of hydrogen-bond acceptors (Lipinski definition) is 3. The smallest absolute Gasteiger partial charge is 0.253 e. The molecule has 1 aliphatic carbocycles. The highest BCUT2D eigenvalue weighted by Crippen LogP contribution is 2.40. The number of carbonyl (C=O) groups excluding carboxylic acids is 1. The van der Waals surface area contributed by atoms with Gasteiger partial charge in [-0.25, -0.2) is 0 Å². The van der Waals surface area contributed by atoms with Gasteiger partial charge in [-0.15, -0.1) is 0 Å². The summed E-state index contributed by atoms with van der Waals surface area (Å²) in [6, 6.07) is 6.99. The zero-order valence-electron chi connectivity index (χ0n) is 12.9. The molecule has 0 aliphatic heterocycles. The number of amides is 1. The van der Waals surface area contributed by atoms with Crippen molar-refractivity contribution in [3.63, 3.8) is 0 Å². The maximum atomic E-state index is 12.2. The number of rotatable bonds is 6. The van der Waals surface area contributed by atoms with E-state index in [2.05, 4.69) is 12.2 Å². The lowest BCUT2D eigenvalue weighted by Crippen LogP contribution is -2.38. The monoisotopic (exact) mass is 291 g/mol. The second-order valence-electron chi connectivity index (χ2n) is 5.96. The number of hydrogen-bond donors (Lipinski definition) is 2. The predicted molar refractivity (Wildman–Crippen MR) is 82.2 cm³/mol. The van der Waals surface area contributed by atoms with Crippen LogP contribution in [0.2, 0.25) is 0 Å². The third kappa shape index (κ3) is 3.76. The van der Waals surface area contributed by atoms with Gasteiger partial charge < -0.3 is 15.2 Å². The highest BCUT2D eigenvalue weighted by atomic mass is 16.5. The third-order valence-electron chi connectivity index (χ3n) is 4.71. The fraction of sp³-hybridized carbons (Fsp3) is 0.588. The molecule has 1 saturated carbocycles. The highest BCUT2D eigenvalue weighted by molar-refractivity contribution is 5.82. The molecule has 2 N–H and O–H groups in total. The number of methoxy groups -OCH3 is 1. The molecule has 2 rings (SSSR count). The Bertz CT molecular complexity index is 481. The van der Waals surface area contributed by atoms with E-state index < -0.39 is 6.10 Å². The van der Waals surface area contributed by atoms with Crippen molar-refractivity contribution in [1.82, 2.24) is 5.32 Å². The molecular formula is C17H25NO3. The number of carbonyl (C=O) groups is 1. The first kappa shape index (κ1) is 15.8. The van der Waals surface area contributed by atoms with Gasteiger partial charge in [0.1, 0.15) is 5.75 Å². The maximum absolute atomic E-state index is 12.2. The van der Waals surface area contributed by atoms with Crippen molar-refractivity contribution in [1.29, 1.82) is 0 Å². The summed E-state index contributed by atoms with van der Waals surface area (Å²) in [7, 11) is 1.57. The normalized spacial score (nSPS) is 18.2. The number of aliphatic hydroxyl groups is 1. The molecule has 21 heavy (non-hydrogen) atoms. The van der Waals surface area contributed by atoms with Crippen LogP contribution < -0.4 is 10.1 Å². The van der Waals surface area contributed by atoms with Crippen LogP contribution in [-0.4, -0.2) is 24.7 Å². The standard InChI is InChI=1S/C17H25NO3/c1-3-17(9-4-5-10-17)12-18-16(20)15(19)13-7-6-8-14(11-13)21-2/h6-8,11,15,19H,3-5,9-10,12H2,1-2H3,(H,18,20). The molecular weight excluding hydrogens is 266 g/mol. The lowest BCUT2D eigenvalue weighted by Gasteiger charge is -2.28. The van der Waals surface area contributed by atoms with Crippen LogP contribution in [0.15, 0.2) is 24.3 Å². The number of ether oxygens (including phenoxy) is 1. The van der Waals surface area contributed by atoms with Gasteiger partial charge in [0.15, 0.2) is 6.10 Å². The molecule has 0 heterocycles. The molecule has 4 nitrogen and oxygen atoms in total. The van der Waals surface area contributed by atoms with Crippen LogP contribution >= 0.6 is 0 Å². The van der Waals surface area contributed by atoms with Crippen molar-refractivity contribution in [3.8, 4) is 5.75 Å². The molecule has 1 unspecified atom stereocenters. The van der Waals surface area contributed by atoms with E-state index in [0.717, 1.165) is 6.42 Å². The lowest BCUT2D eigenvalue weighted by molar-refractivity contribution is -0.130. The molecule has 1 aromatic rings. The molecule has 1 atom stereocenters. The van der Waals surface area contributed by atoms with Crippen LogP contribution in [0, 0.1) is 5.41 Å². The fourth-order valence-electron chi connectivity index (χ4n) is 3.11. The molecule has 116 valence electrons. The van der Waals surface area contributed by atoms with E-state index in [1.165, 1.54) is 25.7 Å². The average molecular weight is 291 g/mol. The van der Waals surface area contributed by atoms with E-state index in [1.807, 2.05) is 0 Å². The van der Waals surface area contributed by atoms with Gasteiger partial charge in [-0.05, 0) is 42.4 Å². The van der Waals surface area contributed by atoms with E-state index in [1.54, 1.807) is 31.4 Å². The average Bonchev–Trinajstić information content (AvgIpc) is 3.01. The summed E-state index contributed by atoms with van der Waals surface area (Å²) >= 11 is 0. The molecule has 1 amide bonds. The summed E-state index contributed by atoms with van der Waals surface area (Å²) < 4.78 is 5.12. The Balaban J connectivity index is 1.96. The Hall–Kier alpha value is -1.55. The lowest BCUT2D eigenvalue weighted by atomic mass is 9.83. The first-order valence-electron chi connectivity index (χ1n) is 7.70. The van der Waals surface area contributed by atoms with Gasteiger partial charge in [0.25, 0.3) is 5.91 Å². The van der Waals surface area contributed by atoms with E-state index in [4.69, 9.17) is 4.74 Å². The first-order valence-corrected chi connectivity index (χ1v) is 7.70. The van der Waals surface area contributed by atoms with Gasteiger partial charge >= 0.3 is 0 Å². The summed E-state index contributed by atoms with van der Waals surface area (Å²) in [5.41, 5.74) is 0.785. The Morgan fingerprint density at radius 2 is 2.14 bits per heavy atom. The minimum atomic E-state index is -1.14. The van der Waals surface area contributed by atoms with Gasteiger partial charge in [0, 0.05) is 6.54 Å². The van der Waals surface area contributed by atoms with E-state index in [-0.39, 0.29) is 11.3 Å². The molecule has 1 aliphatic rings. The van der Waals surface area contributed by atoms with Gasteiger partial charge in [-0.3, -0.25) is 4.79 Å². The summed E-state index contributed by atoms with van der Waals surface area (Å²) in [5.74, 6) is 0.308. The van der Waals surface area contributed by atoms with Crippen molar-refractivity contribution in [3.05, 3.63) is 29.8 Å². The number of nitrogens with one attached hydrogen (secondary N) is 1. The van der Waals surface area contributed by atoms with Crippen LogP contribution in [0.4, 0.5) is 0 Å². The second-order valence-corrected chi connectivity index (χ2v) is 5.96. The number of aliphatic hydroxyl groups excluding tert-OH is 1. The summed E-state index contributed by atoms with van der Waals surface area (Å²) in [6.07, 6.45) is 4.74. The maximum Gasteiger partial charge on any atom is 0.253 e. The molecule has 0 bridgehead atoms. The molecule has 0 aromatic heterocycles. The minimum absolute atomic E-state index is 0.226. The zero-order valence-corrected chi connectivity index (χ0v) is 12.9. The van der Waals surface area contributed by atoms with Crippen molar-refractivity contribution < 1.29 is 14.6 Å². The SMILES string of the molecule is CCC1(CNC(=O)C(O)c2cccc(OC)c2)CCCC1. The molecule has 0 spiro atoms. The third-order valence-corrected chi connectivity index (χ3v) is 4.71. The van der Waals surface area contributed by atoms with Gasteiger partial charge in [-0.1, -0.05) is 31.9 Å². The van der Waals surface area contributed by atoms with Crippen LogP contribution in [0.3, 0.4) is 0 Å². The Morgan fingerprint density at radius 3 is 2.76 bits per heavy atom. The molecule has 0 radical (unpaired) electrons. The Labute approximate surface area is 126 Å². The minimum Gasteiger partial charge on any atom is -0.497 e. The van der Waals surface area contributed by atoms with Gasteiger partial charge in [-0.2, -0.15) is 0 Å². The molecule has 1 fully saturated rings. The van der Waals surface area contributed by atoms with Crippen molar-refractivity contribution in [2.45, 2.75) is 45.1 Å². The van der Waals surface area contributed by atoms with Crippen LogP contribution in [0.5, 0.6) is 5.75 Å². The van der Waals surface area contributed by atoms with E-state index in [9.17, 15) is 9.90 Å². The molecule has 1 aromatic carbocycles. The van der Waals surface area contributed by atoms with Crippen LogP contribution in [0.1, 0.15) is 50.7 Å². The van der Waals surface area contributed by atoms with Crippen LogP contribution in [-0.2, 0) is 4.79 Å². The quantitative estimate of drug-likeness (QED) is 0.847. The second kappa shape index (κ2) is 6.94. The summed E-state index contributed by atoms with van der Waals surface area (Å²) in [4.78, 5) is 12.2. The molecule has 0 saturated heterocycles. The fourth-order valence-corrected chi connectivity index (χ4v) is 3.11. The zero-order chi connectivity index (χ0) is 15.3. The van der Waals surface area contributed by atoms with Crippen molar-refractivity contribution >= 4 is 5.91 Å².